The van der Waals surface area contributed by atoms with Crippen LogP contribution >= 0.6 is 11.8 Å². The molecule has 1 heterocycles. The average Bonchev–Trinajstić information content (AvgIpc) is 2.34. The number of nitrogens with zero attached hydrogens (tertiary/aromatic N) is 1. The van der Waals surface area contributed by atoms with Crippen molar-refractivity contribution in [1.29, 1.82) is 0 Å². The maximum atomic E-state index is 10.5. The van der Waals surface area contributed by atoms with E-state index in [1.54, 1.807) is 0 Å². The maximum Gasteiger partial charge on any atom is 0.221 e. The van der Waals surface area contributed by atoms with Crippen LogP contribution in [-0.2, 0) is 4.79 Å². The van der Waals surface area contributed by atoms with E-state index in [0.29, 0.717) is 17.2 Å². The van der Waals surface area contributed by atoms with Gasteiger partial charge in [-0.1, -0.05) is 5.16 Å². The van der Waals surface area contributed by atoms with Gasteiger partial charge in [0.2, 0.25) is 5.91 Å². The first kappa shape index (κ1) is 7.40. The van der Waals surface area contributed by atoms with Gasteiger partial charge in [-0.3, -0.25) is 4.79 Å². The summed E-state index contributed by atoms with van der Waals surface area (Å²) in [6.45, 7) is 0. The van der Waals surface area contributed by atoms with Crippen LogP contribution in [0, 0.1) is 5.92 Å². The predicted octanol–water partition coefficient (Wildman–Crippen LogP) is 0.0125. The third-order valence-corrected chi connectivity index (χ3v) is 2.54. The van der Waals surface area contributed by atoms with E-state index in [1.807, 2.05) is 0 Å². The Kier molecular flexibility index (Phi) is 2.16. The number of hydrogen-bond donors (Lipinski definition) is 2. The number of amides is 1. The number of rotatable bonds is 1. The molecule has 0 saturated carbocycles. The second kappa shape index (κ2) is 2.92. The summed E-state index contributed by atoms with van der Waals surface area (Å²) in [6.07, 6.45) is 0.497. The zero-order chi connectivity index (χ0) is 7.56. The summed E-state index contributed by atoms with van der Waals surface area (Å²) >= 11 is 1.38. The molecule has 4 nitrogen and oxygen atoms in total. The van der Waals surface area contributed by atoms with Gasteiger partial charge in [0.05, 0.1) is 5.92 Å². The SMILES string of the molecule is NC(=O)C1CSC(=NO)C1. The van der Waals surface area contributed by atoms with E-state index in [9.17, 15) is 4.79 Å². The first-order valence-corrected chi connectivity index (χ1v) is 3.85. The fourth-order valence-corrected chi connectivity index (χ4v) is 1.83. The summed E-state index contributed by atoms with van der Waals surface area (Å²) in [5.74, 6) is 0.191. The average molecular weight is 160 g/mol. The zero-order valence-corrected chi connectivity index (χ0v) is 6.10. The van der Waals surface area contributed by atoms with Crippen molar-refractivity contribution < 1.29 is 10.0 Å². The highest BCUT2D eigenvalue weighted by Crippen LogP contribution is 2.25. The van der Waals surface area contributed by atoms with Gasteiger partial charge in [-0.2, -0.15) is 0 Å². The van der Waals surface area contributed by atoms with Gasteiger partial charge >= 0.3 is 0 Å². The van der Waals surface area contributed by atoms with Gasteiger partial charge < -0.3 is 10.9 Å². The second-order valence-corrected chi connectivity index (χ2v) is 3.20. The summed E-state index contributed by atoms with van der Waals surface area (Å²) < 4.78 is 0. The molecule has 1 rings (SSSR count). The Morgan fingerprint density at radius 1 is 1.90 bits per heavy atom. The van der Waals surface area contributed by atoms with Crippen LogP contribution in [0.3, 0.4) is 0 Å². The van der Waals surface area contributed by atoms with Crippen molar-refractivity contribution in [2.24, 2.45) is 16.8 Å². The maximum absolute atomic E-state index is 10.5. The summed E-state index contributed by atoms with van der Waals surface area (Å²) in [5.41, 5.74) is 5.03. The normalized spacial score (nSPS) is 29.2. The van der Waals surface area contributed by atoms with Crippen LogP contribution in [0.4, 0.5) is 0 Å². The number of primary amides is 1. The van der Waals surface area contributed by atoms with Crippen molar-refractivity contribution in [3.05, 3.63) is 0 Å². The van der Waals surface area contributed by atoms with Crippen molar-refractivity contribution >= 4 is 22.7 Å². The molecule has 1 saturated heterocycles. The second-order valence-electron chi connectivity index (χ2n) is 2.11. The lowest BCUT2D eigenvalue weighted by molar-refractivity contribution is -0.120. The molecule has 0 aromatic carbocycles. The Balaban J connectivity index is 2.51. The van der Waals surface area contributed by atoms with E-state index in [1.165, 1.54) is 11.8 Å². The number of carbonyl (C=O) groups excluding carboxylic acids is 1. The highest BCUT2D eigenvalue weighted by molar-refractivity contribution is 8.14. The quantitative estimate of drug-likeness (QED) is 0.419. The van der Waals surface area contributed by atoms with Crippen LogP contribution < -0.4 is 5.73 Å². The molecule has 3 N–H and O–H groups in total. The van der Waals surface area contributed by atoms with Gasteiger partial charge in [0.1, 0.15) is 5.04 Å². The van der Waals surface area contributed by atoms with E-state index >= 15 is 0 Å². The van der Waals surface area contributed by atoms with Crippen LogP contribution in [0.1, 0.15) is 6.42 Å². The number of hydrogen-bond acceptors (Lipinski definition) is 4. The molecular weight excluding hydrogens is 152 g/mol. The molecule has 1 unspecified atom stereocenters. The van der Waals surface area contributed by atoms with Gasteiger partial charge in [0.25, 0.3) is 0 Å². The molecule has 56 valence electrons. The Labute approximate surface area is 62.5 Å². The fraction of sp³-hybridized carbons (Fsp3) is 0.600. The molecule has 0 aliphatic carbocycles. The Morgan fingerprint density at radius 2 is 2.60 bits per heavy atom. The molecule has 0 spiro atoms. The molecule has 1 aliphatic rings. The van der Waals surface area contributed by atoms with E-state index in [0.717, 1.165) is 0 Å². The minimum absolute atomic E-state index is 0.143. The first-order chi connectivity index (χ1) is 4.74. The summed E-state index contributed by atoms with van der Waals surface area (Å²) in [7, 11) is 0. The number of nitrogens with two attached hydrogens (primary N) is 1. The van der Waals surface area contributed by atoms with Gasteiger partial charge in [-0.25, -0.2) is 0 Å². The third kappa shape index (κ3) is 1.41. The summed E-state index contributed by atoms with van der Waals surface area (Å²) in [5, 5.41) is 11.9. The smallest absolute Gasteiger partial charge is 0.221 e. The van der Waals surface area contributed by atoms with Crippen LogP contribution in [0.2, 0.25) is 0 Å². The van der Waals surface area contributed by atoms with Crippen LogP contribution in [0.15, 0.2) is 5.16 Å². The van der Waals surface area contributed by atoms with Gasteiger partial charge in [-0.05, 0) is 0 Å². The molecule has 1 fully saturated rings. The number of oxime groups is 1. The third-order valence-electron chi connectivity index (χ3n) is 1.39. The Morgan fingerprint density at radius 3 is 2.90 bits per heavy atom. The van der Waals surface area contributed by atoms with E-state index < -0.39 is 0 Å². The van der Waals surface area contributed by atoms with E-state index in [-0.39, 0.29) is 11.8 Å². The molecule has 1 aliphatic heterocycles. The minimum atomic E-state index is -0.314. The Bertz CT molecular complexity index is 180. The summed E-state index contributed by atoms with van der Waals surface area (Å²) in [4.78, 5) is 10.5. The molecule has 0 radical (unpaired) electrons. The number of carbonyl (C=O) groups is 1. The monoisotopic (exact) mass is 160 g/mol. The molecule has 0 bridgehead atoms. The van der Waals surface area contributed by atoms with Crippen molar-refractivity contribution in [2.75, 3.05) is 5.75 Å². The van der Waals surface area contributed by atoms with Gasteiger partial charge in [0.15, 0.2) is 0 Å². The molecule has 1 amide bonds. The van der Waals surface area contributed by atoms with Crippen molar-refractivity contribution in [3.8, 4) is 0 Å². The summed E-state index contributed by atoms with van der Waals surface area (Å²) in [6, 6.07) is 0. The molecule has 0 aromatic rings. The predicted molar refractivity (Wildman–Crippen MR) is 39.0 cm³/mol. The highest BCUT2D eigenvalue weighted by atomic mass is 32.2. The molecule has 5 heteroatoms. The van der Waals surface area contributed by atoms with Crippen LogP contribution in [0.25, 0.3) is 0 Å². The van der Waals surface area contributed by atoms with E-state index in [2.05, 4.69) is 5.16 Å². The highest BCUT2D eigenvalue weighted by Gasteiger charge is 2.25. The fourth-order valence-electron chi connectivity index (χ4n) is 0.778. The molecule has 10 heavy (non-hydrogen) atoms. The largest absolute Gasteiger partial charge is 0.410 e. The molecule has 0 aromatic heterocycles. The molecular formula is C5H8N2O2S. The topological polar surface area (TPSA) is 75.7 Å². The number of thioether (sulfide) groups is 1. The first-order valence-electron chi connectivity index (χ1n) is 2.87. The Hall–Kier alpha value is -0.710. The lowest BCUT2D eigenvalue weighted by Crippen LogP contribution is -2.22. The minimum Gasteiger partial charge on any atom is -0.410 e. The van der Waals surface area contributed by atoms with Crippen LogP contribution in [-0.4, -0.2) is 21.9 Å². The zero-order valence-electron chi connectivity index (χ0n) is 5.28. The van der Waals surface area contributed by atoms with Crippen molar-refractivity contribution in [3.63, 3.8) is 0 Å². The van der Waals surface area contributed by atoms with Crippen molar-refractivity contribution in [1.82, 2.24) is 0 Å². The van der Waals surface area contributed by atoms with Gasteiger partial charge in [0, 0.05) is 12.2 Å². The lowest BCUT2D eigenvalue weighted by atomic mass is 10.1. The van der Waals surface area contributed by atoms with Gasteiger partial charge in [-0.15, -0.1) is 11.8 Å². The van der Waals surface area contributed by atoms with Crippen LogP contribution in [0.5, 0.6) is 0 Å². The standard InChI is InChI=1S/C5H8N2O2S/c6-5(8)3-1-4(7-9)10-2-3/h3,9H,1-2H2,(H2,6,8). The lowest BCUT2D eigenvalue weighted by Gasteiger charge is -1.97. The molecule has 1 atom stereocenters. The van der Waals surface area contributed by atoms with E-state index in [4.69, 9.17) is 10.9 Å². The van der Waals surface area contributed by atoms with Crippen molar-refractivity contribution in [2.45, 2.75) is 6.42 Å².